The molecule has 3 N–H and O–H groups in total. The average Bonchev–Trinajstić information content (AvgIpc) is 2.25. The Kier molecular flexibility index (Phi) is 2.42. The van der Waals surface area contributed by atoms with E-state index in [0.717, 1.165) is 0 Å². The number of aromatic nitrogens is 3. The van der Waals surface area contributed by atoms with Crippen LogP contribution in [0.4, 0.5) is 5.69 Å². The SMILES string of the molecule is O=c1[nH]c(=O)n(Nc2ccccc2)c(=O)[nH]1. The van der Waals surface area contributed by atoms with Crippen LogP contribution in [0.15, 0.2) is 44.7 Å². The van der Waals surface area contributed by atoms with Crippen LogP contribution >= 0.6 is 0 Å². The smallest absolute Gasteiger partial charge is 0.286 e. The zero-order valence-corrected chi connectivity index (χ0v) is 8.06. The highest BCUT2D eigenvalue weighted by Crippen LogP contribution is 2.02. The summed E-state index contributed by atoms with van der Waals surface area (Å²) < 4.78 is 0.677. The third-order valence-electron chi connectivity index (χ3n) is 1.86. The number of para-hydroxylation sites is 1. The van der Waals surface area contributed by atoms with Gasteiger partial charge in [-0.3, -0.25) is 15.4 Å². The fourth-order valence-corrected chi connectivity index (χ4v) is 1.17. The lowest BCUT2D eigenvalue weighted by Crippen LogP contribution is -2.46. The Morgan fingerprint density at radius 3 is 2.06 bits per heavy atom. The van der Waals surface area contributed by atoms with Crippen molar-refractivity contribution in [2.24, 2.45) is 0 Å². The van der Waals surface area contributed by atoms with Gasteiger partial charge in [-0.2, -0.15) is 4.68 Å². The summed E-state index contributed by atoms with van der Waals surface area (Å²) in [6.45, 7) is 0. The van der Waals surface area contributed by atoms with Gasteiger partial charge in [-0.25, -0.2) is 14.4 Å². The summed E-state index contributed by atoms with van der Waals surface area (Å²) in [6.07, 6.45) is 0. The highest BCUT2D eigenvalue weighted by molar-refractivity contribution is 5.41. The summed E-state index contributed by atoms with van der Waals surface area (Å²) in [5.41, 5.74) is 0.640. The molecule has 0 amide bonds. The molecule has 1 aromatic heterocycles. The Balaban J connectivity index is 2.48. The lowest BCUT2D eigenvalue weighted by Gasteiger charge is -2.05. The van der Waals surface area contributed by atoms with Gasteiger partial charge in [0.1, 0.15) is 0 Å². The molecule has 0 spiro atoms. The largest absolute Gasteiger partial charge is 0.352 e. The fraction of sp³-hybridized carbons (Fsp3) is 0. The van der Waals surface area contributed by atoms with Gasteiger partial charge >= 0.3 is 17.1 Å². The van der Waals surface area contributed by atoms with Gasteiger partial charge in [-0.05, 0) is 12.1 Å². The van der Waals surface area contributed by atoms with Crippen LogP contribution in [-0.2, 0) is 0 Å². The van der Waals surface area contributed by atoms with Crippen LogP contribution in [0, 0.1) is 0 Å². The number of benzene rings is 1. The number of hydrogen-bond acceptors (Lipinski definition) is 4. The van der Waals surface area contributed by atoms with Crippen molar-refractivity contribution in [3.63, 3.8) is 0 Å². The maximum Gasteiger partial charge on any atom is 0.352 e. The summed E-state index contributed by atoms with van der Waals surface area (Å²) in [4.78, 5) is 37.2. The van der Waals surface area contributed by atoms with E-state index in [1.165, 1.54) is 0 Å². The highest BCUT2D eigenvalue weighted by atomic mass is 16.2. The average molecular weight is 220 g/mol. The van der Waals surface area contributed by atoms with Crippen molar-refractivity contribution in [1.82, 2.24) is 14.6 Å². The first-order chi connectivity index (χ1) is 7.66. The number of hydrogen-bond donors (Lipinski definition) is 3. The highest BCUT2D eigenvalue weighted by Gasteiger charge is 2.01. The second kappa shape index (κ2) is 3.89. The van der Waals surface area contributed by atoms with E-state index < -0.39 is 17.1 Å². The number of nitrogens with zero attached hydrogens (tertiary/aromatic N) is 1. The van der Waals surface area contributed by atoms with Crippen LogP contribution in [0.2, 0.25) is 0 Å². The minimum absolute atomic E-state index is 0.558. The van der Waals surface area contributed by atoms with Crippen molar-refractivity contribution in [3.8, 4) is 0 Å². The van der Waals surface area contributed by atoms with Crippen molar-refractivity contribution in [2.75, 3.05) is 5.43 Å². The molecule has 0 radical (unpaired) electrons. The van der Waals surface area contributed by atoms with E-state index in [1.807, 2.05) is 9.97 Å². The standard InChI is InChI=1S/C9H8N4O3/c14-7-10-8(15)13(9(16)11-7)12-6-4-2-1-3-5-6/h1-5,12H,(H2,10,11,14,15,16). The lowest BCUT2D eigenvalue weighted by atomic mass is 10.3. The van der Waals surface area contributed by atoms with Crippen LogP contribution in [0.1, 0.15) is 0 Å². The van der Waals surface area contributed by atoms with Crippen molar-refractivity contribution in [2.45, 2.75) is 0 Å². The first-order valence-electron chi connectivity index (χ1n) is 4.44. The molecule has 0 aliphatic carbocycles. The van der Waals surface area contributed by atoms with E-state index in [2.05, 4.69) is 5.43 Å². The molecular weight excluding hydrogens is 212 g/mol. The van der Waals surface area contributed by atoms with Crippen LogP contribution in [0.3, 0.4) is 0 Å². The number of H-pyrrole nitrogens is 2. The zero-order chi connectivity index (χ0) is 11.5. The molecule has 0 atom stereocenters. The summed E-state index contributed by atoms with van der Waals surface area (Å²) in [7, 11) is 0. The molecule has 2 aromatic rings. The lowest BCUT2D eigenvalue weighted by molar-refractivity contribution is 0.736. The van der Waals surface area contributed by atoms with E-state index in [4.69, 9.17) is 0 Å². The summed E-state index contributed by atoms with van der Waals surface area (Å²) in [5.74, 6) is 0. The first kappa shape index (κ1) is 9.97. The topological polar surface area (TPSA) is 99.8 Å². The second-order valence-electron chi connectivity index (χ2n) is 3.00. The predicted molar refractivity (Wildman–Crippen MR) is 57.4 cm³/mol. The molecule has 16 heavy (non-hydrogen) atoms. The normalized spacial score (nSPS) is 10.0. The van der Waals surface area contributed by atoms with Crippen molar-refractivity contribution < 1.29 is 0 Å². The van der Waals surface area contributed by atoms with Gasteiger partial charge in [-0.15, -0.1) is 0 Å². The van der Waals surface area contributed by atoms with Crippen molar-refractivity contribution in [1.29, 1.82) is 0 Å². The number of aromatic amines is 2. The fourth-order valence-electron chi connectivity index (χ4n) is 1.17. The van der Waals surface area contributed by atoms with Gasteiger partial charge in [0, 0.05) is 0 Å². The molecule has 0 saturated carbocycles. The third-order valence-corrected chi connectivity index (χ3v) is 1.86. The molecule has 0 aliphatic rings. The van der Waals surface area contributed by atoms with Crippen molar-refractivity contribution >= 4 is 5.69 Å². The van der Waals surface area contributed by atoms with Crippen molar-refractivity contribution in [3.05, 3.63) is 61.8 Å². The monoisotopic (exact) mass is 220 g/mol. The molecular formula is C9H8N4O3. The summed E-state index contributed by atoms with van der Waals surface area (Å²) in [6, 6.07) is 8.64. The molecule has 7 nitrogen and oxygen atoms in total. The molecule has 0 bridgehead atoms. The maximum atomic E-state index is 11.3. The Bertz CT molecular complexity index is 618. The molecule has 0 aliphatic heterocycles. The predicted octanol–water partition coefficient (Wildman–Crippen LogP) is -0.900. The van der Waals surface area contributed by atoms with E-state index in [0.29, 0.717) is 10.4 Å². The zero-order valence-electron chi connectivity index (χ0n) is 8.06. The summed E-state index contributed by atoms with van der Waals surface area (Å²) >= 11 is 0. The Hall–Kier alpha value is -2.57. The minimum atomic E-state index is -0.832. The number of nitrogens with one attached hydrogen (secondary N) is 3. The van der Waals surface area contributed by atoms with E-state index in [1.54, 1.807) is 30.3 Å². The molecule has 7 heteroatoms. The van der Waals surface area contributed by atoms with Crippen LogP contribution in [0.5, 0.6) is 0 Å². The Morgan fingerprint density at radius 2 is 1.50 bits per heavy atom. The minimum Gasteiger partial charge on any atom is -0.286 e. The van der Waals surface area contributed by atoms with Gasteiger partial charge in [0.05, 0.1) is 5.69 Å². The molecule has 82 valence electrons. The van der Waals surface area contributed by atoms with Gasteiger partial charge < -0.3 is 0 Å². The van der Waals surface area contributed by atoms with Gasteiger partial charge in [0.15, 0.2) is 0 Å². The van der Waals surface area contributed by atoms with Crippen LogP contribution in [0.25, 0.3) is 0 Å². The molecule has 1 heterocycles. The third kappa shape index (κ3) is 1.92. The van der Waals surface area contributed by atoms with Crippen LogP contribution in [-0.4, -0.2) is 14.6 Å². The molecule has 0 fully saturated rings. The quantitative estimate of drug-likeness (QED) is 0.610. The van der Waals surface area contributed by atoms with Crippen LogP contribution < -0.4 is 22.5 Å². The Morgan fingerprint density at radius 1 is 0.938 bits per heavy atom. The Labute approximate surface area is 88.4 Å². The van der Waals surface area contributed by atoms with Gasteiger partial charge in [-0.1, -0.05) is 18.2 Å². The number of rotatable bonds is 2. The second-order valence-corrected chi connectivity index (χ2v) is 3.00. The van der Waals surface area contributed by atoms with Gasteiger partial charge in [0.2, 0.25) is 0 Å². The molecule has 0 unspecified atom stereocenters. The first-order valence-corrected chi connectivity index (χ1v) is 4.44. The van der Waals surface area contributed by atoms with E-state index >= 15 is 0 Å². The molecule has 0 saturated heterocycles. The van der Waals surface area contributed by atoms with E-state index in [-0.39, 0.29) is 0 Å². The van der Waals surface area contributed by atoms with Gasteiger partial charge in [0.25, 0.3) is 0 Å². The van der Waals surface area contributed by atoms with E-state index in [9.17, 15) is 14.4 Å². The maximum absolute atomic E-state index is 11.3. The molecule has 1 aromatic carbocycles. The number of anilines is 1. The molecule has 2 rings (SSSR count). The summed E-state index contributed by atoms with van der Waals surface area (Å²) in [5, 5.41) is 0.